The van der Waals surface area contributed by atoms with Crippen molar-refractivity contribution in [2.45, 2.75) is 6.92 Å². The molecule has 134 valence electrons. The van der Waals surface area contributed by atoms with E-state index in [1.54, 1.807) is 12.1 Å². The molecule has 0 saturated carbocycles. The van der Waals surface area contributed by atoms with Crippen LogP contribution in [0.5, 0.6) is 5.75 Å². The lowest BCUT2D eigenvalue weighted by molar-refractivity contribution is 0.340. The lowest BCUT2D eigenvalue weighted by Crippen LogP contribution is -2.11. The molecule has 2 aromatic carbocycles. The van der Waals surface area contributed by atoms with Gasteiger partial charge in [0.25, 0.3) is 0 Å². The summed E-state index contributed by atoms with van der Waals surface area (Å²) in [5, 5.41) is 11.0. The van der Waals surface area contributed by atoms with Gasteiger partial charge in [-0.15, -0.1) is 0 Å². The minimum Gasteiger partial charge on any atom is -0.494 e. The van der Waals surface area contributed by atoms with Crippen LogP contribution >= 0.6 is 28.1 Å². The molecular weight excluding hydrogens is 421 g/mol. The van der Waals surface area contributed by atoms with Crippen LogP contribution in [0.3, 0.4) is 0 Å². The Morgan fingerprint density at radius 3 is 2.85 bits per heavy atom. The molecule has 0 aliphatic heterocycles. The van der Waals surface area contributed by atoms with Gasteiger partial charge >= 0.3 is 0 Å². The third-order valence-corrected chi connectivity index (χ3v) is 4.18. The van der Waals surface area contributed by atoms with E-state index in [9.17, 15) is 4.39 Å². The van der Waals surface area contributed by atoms with Crippen molar-refractivity contribution >= 4 is 34.4 Å². The number of halogens is 2. The van der Waals surface area contributed by atoms with Gasteiger partial charge in [0.2, 0.25) is 4.77 Å². The summed E-state index contributed by atoms with van der Waals surface area (Å²) in [6, 6.07) is 12.0. The maximum atomic E-state index is 13.8. The summed E-state index contributed by atoms with van der Waals surface area (Å²) in [5.74, 6) is 0.944. The summed E-state index contributed by atoms with van der Waals surface area (Å²) in [6.07, 6.45) is 1.37. The van der Waals surface area contributed by atoms with E-state index in [4.69, 9.17) is 17.0 Å². The highest BCUT2D eigenvalue weighted by Gasteiger charge is 2.09. The van der Waals surface area contributed by atoms with Crippen LogP contribution in [-0.2, 0) is 0 Å². The number of nitrogens with zero attached hydrogens (tertiary/aromatic N) is 3. The van der Waals surface area contributed by atoms with Crippen LogP contribution in [0, 0.1) is 10.6 Å². The minimum absolute atomic E-state index is 0.334. The Labute approximate surface area is 162 Å². The van der Waals surface area contributed by atoms with Crippen LogP contribution < -0.4 is 10.3 Å². The highest BCUT2D eigenvalue weighted by Crippen LogP contribution is 2.20. The average molecular weight is 436 g/mol. The average Bonchev–Trinajstić information content (AvgIpc) is 3.00. The van der Waals surface area contributed by atoms with Crippen molar-refractivity contribution in [3.05, 3.63) is 63.1 Å². The first-order valence-electron chi connectivity index (χ1n) is 7.73. The number of nitrogens with one attached hydrogen (secondary N) is 2. The molecule has 3 aromatic rings. The molecule has 26 heavy (non-hydrogen) atoms. The standard InChI is InChI=1S/C17H15BrFN5OS/c1-2-25-14-6-3-11(4-7-14)16-21-22-17(26)24(16)23-20-10-12-9-13(18)5-8-15(12)19/h3-10,23H,2H2,1H3,(H,22,26)/b20-10-. The summed E-state index contributed by atoms with van der Waals surface area (Å²) in [4.78, 5) is 0. The Hall–Kier alpha value is -2.52. The molecule has 2 N–H and O–H groups in total. The monoisotopic (exact) mass is 435 g/mol. The fourth-order valence-electron chi connectivity index (χ4n) is 2.22. The van der Waals surface area contributed by atoms with E-state index in [2.05, 4.69) is 36.8 Å². The normalized spacial score (nSPS) is 11.0. The highest BCUT2D eigenvalue weighted by molar-refractivity contribution is 9.10. The molecule has 6 nitrogen and oxygen atoms in total. The van der Waals surface area contributed by atoms with Crippen molar-refractivity contribution in [1.82, 2.24) is 14.9 Å². The summed E-state index contributed by atoms with van der Waals surface area (Å²) < 4.78 is 21.8. The number of hydrogen-bond donors (Lipinski definition) is 2. The van der Waals surface area contributed by atoms with E-state index < -0.39 is 0 Å². The van der Waals surface area contributed by atoms with E-state index >= 15 is 0 Å². The Morgan fingerprint density at radius 2 is 2.12 bits per heavy atom. The number of aromatic nitrogens is 3. The van der Waals surface area contributed by atoms with Crippen molar-refractivity contribution < 1.29 is 9.13 Å². The van der Waals surface area contributed by atoms with Gasteiger partial charge in [0.15, 0.2) is 5.82 Å². The number of H-pyrrole nitrogens is 1. The highest BCUT2D eigenvalue weighted by atomic mass is 79.9. The van der Waals surface area contributed by atoms with Gasteiger partial charge in [-0.25, -0.2) is 15.0 Å². The SMILES string of the molecule is CCOc1ccc(-c2n[nH]c(=S)n2N/N=C\c2cc(Br)ccc2F)cc1. The number of benzene rings is 2. The smallest absolute Gasteiger partial charge is 0.216 e. The zero-order valence-corrected chi connectivity index (χ0v) is 16.1. The molecule has 0 bridgehead atoms. The second-order valence-electron chi connectivity index (χ2n) is 5.17. The largest absolute Gasteiger partial charge is 0.494 e. The molecule has 1 heterocycles. The van der Waals surface area contributed by atoms with Gasteiger partial charge in [0, 0.05) is 15.6 Å². The molecule has 0 amide bonds. The first kappa shape index (κ1) is 18.3. The van der Waals surface area contributed by atoms with E-state index in [0.717, 1.165) is 15.8 Å². The van der Waals surface area contributed by atoms with Gasteiger partial charge in [0.05, 0.1) is 12.8 Å². The second-order valence-corrected chi connectivity index (χ2v) is 6.47. The van der Waals surface area contributed by atoms with Crippen LogP contribution in [0.1, 0.15) is 12.5 Å². The van der Waals surface area contributed by atoms with Gasteiger partial charge in [-0.3, -0.25) is 0 Å². The predicted octanol–water partition coefficient (Wildman–Crippen LogP) is 4.49. The number of hydrogen-bond acceptors (Lipinski definition) is 5. The molecule has 3 rings (SSSR count). The summed E-state index contributed by atoms with van der Waals surface area (Å²) in [7, 11) is 0. The van der Waals surface area contributed by atoms with Crippen molar-refractivity contribution in [3.63, 3.8) is 0 Å². The number of hydrazone groups is 1. The van der Waals surface area contributed by atoms with Crippen molar-refractivity contribution in [3.8, 4) is 17.1 Å². The third kappa shape index (κ3) is 4.17. The van der Waals surface area contributed by atoms with Gasteiger partial charge in [-0.05, 0) is 61.6 Å². The van der Waals surface area contributed by atoms with Crippen LogP contribution in [0.25, 0.3) is 11.4 Å². The fourth-order valence-corrected chi connectivity index (χ4v) is 2.77. The first-order valence-corrected chi connectivity index (χ1v) is 8.93. The Bertz CT molecular complexity index is 984. The maximum Gasteiger partial charge on any atom is 0.216 e. The second kappa shape index (κ2) is 8.24. The minimum atomic E-state index is -0.374. The predicted molar refractivity (Wildman–Crippen MR) is 105 cm³/mol. The fraction of sp³-hybridized carbons (Fsp3) is 0.118. The summed E-state index contributed by atoms with van der Waals surface area (Å²) in [5.41, 5.74) is 3.92. The van der Waals surface area contributed by atoms with Crippen LogP contribution in [-0.4, -0.2) is 27.7 Å². The molecule has 0 aliphatic carbocycles. The van der Waals surface area contributed by atoms with Gasteiger partial charge in [-0.1, -0.05) is 15.9 Å². The van der Waals surface area contributed by atoms with E-state index in [0.29, 0.717) is 22.8 Å². The maximum absolute atomic E-state index is 13.8. The zero-order valence-electron chi connectivity index (χ0n) is 13.7. The quantitative estimate of drug-likeness (QED) is 0.340. The molecule has 0 radical (unpaired) electrons. The van der Waals surface area contributed by atoms with Crippen LogP contribution in [0.4, 0.5) is 4.39 Å². The van der Waals surface area contributed by atoms with Gasteiger partial charge in [-0.2, -0.15) is 14.9 Å². The molecule has 0 saturated heterocycles. The Kier molecular flexibility index (Phi) is 5.79. The lowest BCUT2D eigenvalue weighted by atomic mass is 10.2. The van der Waals surface area contributed by atoms with Crippen molar-refractivity contribution in [2.75, 3.05) is 12.1 Å². The van der Waals surface area contributed by atoms with Crippen molar-refractivity contribution in [2.24, 2.45) is 5.10 Å². The summed E-state index contributed by atoms with van der Waals surface area (Å²) >= 11 is 8.52. The molecule has 0 fully saturated rings. The number of ether oxygens (including phenoxy) is 1. The van der Waals surface area contributed by atoms with Crippen molar-refractivity contribution in [1.29, 1.82) is 0 Å². The van der Waals surface area contributed by atoms with Gasteiger partial charge in [0.1, 0.15) is 11.6 Å². The van der Waals surface area contributed by atoms with Gasteiger partial charge < -0.3 is 4.74 Å². The molecule has 0 atom stereocenters. The van der Waals surface area contributed by atoms with E-state index in [1.165, 1.54) is 17.0 Å². The Balaban J connectivity index is 1.83. The zero-order chi connectivity index (χ0) is 18.5. The molecule has 9 heteroatoms. The number of aromatic amines is 1. The first-order chi connectivity index (χ1) is 12.6. The number of rotatable bonds is 6. The molecule has 1 aromatic heterocycles. The Morgan fingerprint density at radius 1 is 1.35 bits per heavy atom. The summed E-state index contributed by atoms with van der Waals surface area (Å²) in [6.45, 7) is 2.52. The molecule has 0 unspecified atom stereocenters. The molecule has 0 spiro atoms. The van der Waals surface area contributed by atoms with Crippen LogP contribution in [0.2, 0.25) is 0 Å². The molecular formula is C17H15BrFN5OS. The van der Waals surface area contributed by atoms with E-state index in [1.807, 2.05) is 31.2 Å². The topological polar surface area (TPSA) is 67.2 Å². The van der Waals surface area contributed by atoms with E-state index in [-0.39, 0.29) is 5.82 Å². The lowest BCUT2D eigenvalue weighted by Gasteiger charge is -2.07. The van der Waals surface area contributed by atoms with Crippen LogP contribution in [0.15, 0.2) is 52.0 Å². The third-order valence-electron chi connectivity index (χ3n) is 3.42. The molecule has 0 aliphatic rings.